The molecule has 0 amide bonds. The van der Waals surface area contributed by atoms with Crippen LogP contribution in [0.2, 0.25) is 0 Å². The summed E-state index contributed by atoms with van der Waals surface area (Å²) in [7, 11) is 0. The van der Waals surface area contributed by atoms with E-state index < -0.39 is 11.6 Å². The van der Waals surface area contributed by atoms with Crippen molar-refractivity contribution in [3.05, 3.63) is 35.6 Å². The average molecular weight is 199 g/mol. The third-order valence-electron chi connectivity index (χ3n) is 2.32. The van der Waals surface area contributed by atoms with E-state index in [1.165, 1.54) is 26.0 Å². The quantitative estimate of drug-likeness (QED) is 0.795. The van der Waals surface area contributed by atoms with Crippen LogP contribution in [0.4, 0.5) is 8.78 Å². The summed E-state index contributed by atoms with van der Waals surface area (Å²) in [5.41, 5.74) is 4.66. The van der Waals surface area contributed by atoms with E-state index in [-0.39, 0.29) is 12.4 Å². The van der Waals surface area contributed by atoms with E-state index in [2.05, 4.69) is 0 Å². The Balaban J connectivity index is 3.01. The molecule has 1 atom stereocenters. The SMILES string of the molecule is CC(C)(F)C(CN)c1cccc(F)c1. The zero-order chi connectivity index (χ0) is 10.8. The summed E-state index contributed by atoms with van der Waals surface area (Å²) in [6.45, 7) is 3.08. The molecule has 3 heteroatoms. The Morgan fingerprint density at radius 3 is 2.50 bits per heavy atom. The third kappa shape index (κ3) is 2.51. The van der Waals surface area contributed by atoms with Crippen molar-refractivity contribution in [2.45, 2.75) is 25.4 Å². The van der Waals surface area contributed by atoms with Crippen molar-refractivity contribution in [1.82, 2.24) is 0 Å². The summed E-state index contributed by atoms with van der Waals surface area (Å²) in [6, 6.07) is 5.93. The van der Waals surface area contributed by atoms with Crippen molar-refractivity contribution < 1.29 is 8.78 Å². The van der Waals surface area contributed by atoms with Crippen molar-refractivity contribution in [2.24, 2.45) is 5.73 Å². The fourth-order valence-electron chi connectivity index (χ4n) is 1.54. The molecule has 0 fully saturated rings. The number of alkyl halides is 1. The van der Waals surface area contributed by atoms with Crippen LogP contribution in [-0.4, -0.2) is 12.2 Å². The predicted molar refractivity (Wildman–Crippen MR) is 53.4 cm³/mol. The van der Waals surface area contributed by atoms with Crippen molar-refractivity contribution in [1.29, 1.82) is 0 Å². The van der Waals surface area contributed by atoms with Crippen molar-refractivity contribution in [3.8, 4) is 0 Å². The molecule has 1 rings (SSSR count). The number of hydrogen-bond acceptors (Lipinski definition) is 1. The van der Waals surface area contributed by atoms with E-state index in [1.54, 1.807) is 12.1 Å². The second-order valence-electron chi connectivity index (χ2n) is 3.91. The largest absolute Gasteiger partial charge is 0.330 e. The summed E-state index contributed by atoms with van der Waals surface area (Å²) in [5, 5.41) is 0. The topological polar surface area (TPSA) is 26.0 Å². The van der Waals surface area contributed by atoms with Crippen LogP contribution >= 0.6 is 0 Å². The van der Waals surface area contributed by atoms with E-state index in [0.717, 1.165) is 0 Å². The Bertz CT molecular complexity index is 304. The molecule has 0 aliphatic carbocycles. The van der Waals surface area contributed by atoms with Crippen LogP contribution in [0.3, 0.4) is 0 Å². The molecule has 14 heavy (non-hydrogen) atoms. The lowest BCUT2D eigenvalue weighted by molar-refractivity contribution is 0.174. The monoisotopic (exact) mass is 199 g/mol. The lowest BCUT2D eigenvalue weighted by atomic mass is 9.86. The number of hydrogen-bond donors (Lipinski definition) is 1. The van der Waals surface area contributed by atoms with Gasteiger partial charge in [-0.2, -0.15) is 0 Å². The highest BCUT2D eigenvalue weighted by Crippen LogP contribution is 2.30. The Morgan fingerprint density at radius 1 is 1.43 bits per heavy atom. The lowest BCUT2D eigenvalue weighted by Gasteiger charge is -2.26. The molecule has 2 N–H and O–H groups in total. The van der Waals surface area contributed by atoms with Crippen LogP contribution in [0.1, 0.15) is 25.3 Å². The standard InChI is InChI=1S/C11H15F2N/c1-11(2,13)10(7-14)8-4-3-5-9(12)6-8/h3-6,10H,7,14H2,1-2H3. The van der Waals surface area contributed by atoms with Gasteiger partial charge in [-0.15, -0.1) is 0 Å². The minimum absolute atomic E-state index is 0.174. The van der Waals surface area contributed by atoms with Gasteiger partial charge in [-0.05, 0) is 31.5 Å². The molecule has 0 heterocycles. The summed E-state index contributed by atoms with van der Waals surface area (Å²) in [4.78, 5) is 0. The highest BCUT2D eigenvalue weighted by molar-refractivity contribution is 5.23. The molecule has 1 nitrogen and oxygen atoms in total. The zero-order valence-corrected chi connectivity index (χ0v) is 8.43. The summed E-state index contributed by atoms with van der Waals surface area (Å²) >= 11 is 0. The number of halogens is 2. The highest BCUT2D eigenvalue weighted by Gasteiger charge is 2.29. The van der Waals surface area contributed by atoms with Gasteiger partial charge in [-0.3, -0.25) is 0 Å². The number of rotatable bonds is 3. The van der Waals surface area contributed by atoms with Crippen LogP contribution in [0.25, 0.3) is 0 Å². The van der Waals surface area contributed by atoms with Gasteiger partial charge in [0, 0.05) is 12.5 Å². The van der Waals surface area contributed by atoms with Gasteiger partial charge >= 0.3 is 0 Å². The Morgan fingerprint density at radius 2 is 2.07 bits per heavy atom. The van der Waals surface area contributed by atoms with Gasteiger partial charge in [-0.25, -0.2) is 8.78 Å². The highest BCUT2D eigenvalue weighted by atomic mass is 19.1. The van der Waals surface area contributed by atoms with Crippen LogP contribution in [0, 0.1) is 5.82 Å². The lowest BCUT2D eigenvalue weighted by Crippen LogP contribution is -2.30. The zero-order valence-electron chi connectivity index (χ0n) is 8.43. The molecule has 0 aliphatic heterocycles. The molecule has 0 aliphatic rings. The molecule has 1 unspecified atom stereocenters. The third-order valence-corrected chi connectivity index (χ3v) is 2.32. The summed E-state index contributed by atoms with van der Waals surface area (Å²) in [5.74, 6) is -0.816. The predicted octanol–water partition coefficient (Wildman–Crippen LogP) is 2.62. The van der Waals surface area contributed by atoms with Gasteiger partial charge in [0.1, 0.15) is 11.5 Å². The Labute approximate surface area is 82.9 Å². The van der Waals surface area contributed by atoms with Gasteiger partial charge in [-0.1, -0.05) is 12.1 Å². The molecule has 0 aromatic heterocycles. The second kappa shape index (κ2) is 4.05. The summed E-state index contributed by atoms with van der Waals surface area (Å²) < 4.78 is 26.6. The first-order valence-corrected chi connectivity index (χ1v) is 4.59. The molecule has 0 saturated heterocycles. The van der Waals surface area contributed by atoms with Gasteiger partial charge in [0.2, 0.25) is 0 Å². The molecule has 78 valence electrons. The molecular formula is C11H15F2N. The molecular weight excluding hydrogens is 184 g/mol. The fraction of sp³-hybridized carbons (Fsp3) is 0.455. The van der Waals surface area contributed by atoms with Crippen molar-refractivity contribution in [2.75, 3.05) is 6.54 Å². The van der Waals surface area contributed by atoms with E-state index in [1.807, 2.05) is 0 Å². The molecule has 1 aromatic rings. The minimum Gasteiger partial charge on any atom is -0.330 e. The van der Waals surface area contributed by atoms with Gasteiger partial charge in [0.25, 0.3) is 0 Å². The minimum atomic E-state index is -1.43. The van der Waals surface area contributed by atoms with Crippen LogP contribution in [-0.2, 0) is 0 Å². The molecule has 0 bridgehead atoms. The Hall–Kier alpha value is -0.960. The van der Waals surface area contributed by atoms with Gasteiger partial charge < -0.3 is 5.73 Å². The average Bonchev–Trinajstić information content (AvgIpc) is 2.02. The van der Waals surface area contributed by atoms with Crippen molar-refractivity contribution >= 4 is 0 Å². The van der Waals surface area contributed by atoms with E-state index in [9.17, 15) is 8.78 Å². The Kier molecular flexibility index (Phi) is 3.21. The maximum atomic E-state index is 13.7. The van der Waals surface area contributed by atoms with E-state index >= 15 is 0 Å². The van der Waals surface area contributed by atoms with Crippen molar-refractivity contribution in [3.63, 3.8) is 0 Å². The fourth-order valence-corrected chi connectivity index (χ4v) is 1.54. The van der Waals surface area contributed by atoms with E-state index in [0.29, 0.717) is 5.56 Å². The first-order chi connectivity index (χ1) is 6.45. The smallest absolute Gasteiger partial charge is 0.123 e. The van der Waals surface area contributed by atoms with E-state index in [4.69, 9.17) is 5.73 Å². The van der Waals surface area contributed by atoms with Gasteiger partial charge in [0.05, 0.1) is 0 Å². The number of nitrogens with two attached hydrogens (primary N) is 1. The second-order valence-corrected chi connectivity index (χ2v) is 3.91. The van der Waals surface area contributed by atoms with Crippen LogP contribution < -0.4 is 5.73 Å². The maximum Gasteiger partial charge on any atom is 0.123 e. The first kappa shape index (κ1) is 11.1. The maximum absolute atomic E-state index is 13.7. The van der Waals surface area contributed by atoms with Gasteiger partial charge in [0.15, 0.2) is 0 Å². The molecule has 0 saturated carbocycles. The van der Waals surface area contributed by atoms with Crippen LogP contribution in [0.15, 0.2) is 24.3 Å². The first-order valence-electron chi connectivity index (χ1n) is 4.59. The number of benzene rings is 1. The molecule has 0 spiro atoms. The summed E-state index contributed by atoms with van der Waals surface area (Å²) in [6.07, 6.45) is 0. The normalized spacial score (nSPS) is 14.1. The molecule has 0 radical (unpaired) electrons. The van der Waals surface area contributed by atoms with Crippen LogP contribution in [0.5, 0.6) is 0 Å². The molecule has 1 aromatic carbocycles.